The molecule has 1 aliphatic rings. The molecule has 2 heterocycles. The van der Waals surface area contributed by atoms with Gasteiger partial charge in [0.15, 0.2) is 5.17 Å². The molecule has 0 aliphatic carbocycles. The van der Waals surface area contributed by atoms with E-state index >= 15 is 0 Å². The van der Waals surface area contributed by atoms with Crippen molar-refractivity contribution in [3.63, 3.8) is 0 Å². The highest BCUT2D eigenvalue weighted by molar-refractivity contribution is 8.13. The Morgan fingerprint density at radius 1 is 1.52 bits per heavy atom. The molecule has 1 aromatic rings. The van der Waals surface area contributed by atoms with E-state index in [1.807, 2.05) is 38.1 Å². The summed E-state index contributed by atoms with van der Waals surface area (Å²) in [5.74, 6) is 1.48. The molecule has 3 N–H and O–H groups in total. The number of carbonyl (C=O) groups excluding carboxylic acids is 1. The van der Waals surface area contributed by atoms with Gasteiger partial charge in [-0.3, -0.25) is 9.79 Å². The molecule has 0 saturated heterocycles. The molecular weight excluding hydrogens is 334 g/mol. The summed E-state index contributed by atoms with van der Waals surface area (Å²) in [6, 6.07) is 3.63. The summed E-state index contributed by atoms with van der Waals surface area (Å²) < 4.78 is 5.25. The van der Waals surface area contributed by atoms with Crippen LogP contribution in [0.25, 0.3) is 0 Å². The third kappa shape index (κ3) is 5.13. The number of nitrogens with one attached hydrogen (secondary N) is 1. The van der Waals surface area contributed by atoms with Crippen LogP contribution in [0, 0.1) is 0 Å². The molecule has 0 spiro atoms. The van der Waals surface area contributed by atoms with Crippen molar-refractivity contribution >= 4 is 22.8 Å². The van der Waals surface area contributed by atoms with Crippen molar-refractivity contribution in [3.05, 3.63) is 59.6 Å². The predicted octanol–water partition coefficient (Wildman–Crippen LogP) is 3.55. The maximum absolute atomic E-state index is 12.5. The highest BCUT2D eigenvalue weighted by Gasteiger charge is 2.30. The first kappa shape index (κ1) is 19.1. The number of hydrogen-bond acceptors (Lipinski definition) is 5. The maximum atomic E-state index is 12.5. The first-order chi connectivity index (χ1) is 12.0. The number of aliphatic imine (C=N–C) groups is 1. The minimum atomic E-state index is -0.419. The van der Waals surface area contributed by atoms with E-state index in [2.05, 4.69) is 17.2 Å². The molecule has 0 aromatic carbocycles. The minimum absolute atomic E-state index is 0.147. The Morgan fingerprint density at radius 3 is 2.92 bits per heavy atom. The summed E-state index contributed by atoms with van der Waals surface area (Å²) in [5.41, 5.74) is 7.07. The van der Waals surface area contributed by atoms with Crippen molar-refractivity contribution in [1.29, 1.82) is 0 Å². The number of furan rings is 1. The number of hydrogen-bond donors (Lipinski definition) is 2. The molecule has 2 rings (SSSR count). The fraction of sp³-hybridized carbons (Fsp3) is 0.368. The number of thioether (sulfide) groups is 1. The fourth-order valence-corrected chi connectivity index (χ4v) is 3.56. The second-order valence-electron chi connectivity index (χ2n) is 5.93. The van der Waals surface area contributed by atoms with Crippen LogP contribution < -0.4 is 11.1 Å². The number of rotatable bonds is 6. The molecular formula is C19H25N3O2S. The molecule has 1 unspecified atom stereocenters. The molecule has 25 heavy (non-hydrogen) atoms. The number of carbonyl (C=O) groups is 1. The number of nitrogens with zero attached hydrogens (tertiary/aromatic N) is 1. The van der Waals surface area contributed by atoms with Gasteiger partial charge in [0.25, 0.3) is 5.91 Å². The van der Waals surface area contributed by atoms with Crippen LogP contribution >= 0.6 is 11.8 Å². The summed E-state index contributed by atoms with van der Waals surface area (Å²) in [6.07, 6.45) is 10.1. The van der Waals surface area contributed by atoms with Crippen LogP contribution in [0.5, 0.6) is 0 Å². The highest BCUT2D eigenvalue weighted by atomic mass is 32.2. The van der Waals surface area contributed by atoms with E-state index in [-0.39, 0.29) is 5.91 Å². The van der Waals surface area contributed by atoms with Gasteiger partial charge >= 0.3 is 0 Å². The Kier molecular flexibility index (Phi) is 6.70. The SMILES string of the molecule is C\C=C/C(=C\C(=C/C)C(=O)NCc1ccco1)C1(C)CCSC(N)=N1. The molecule has 5 nitrogen and oxygen atoms in total. The fourth-order valence-electron chi connectivity index (χ4n) is 2.59. The summed E-state index contributed by atoms with van der Waals surface area (Å²) >= 11 is 1.57. The van der Waals surface area contributed by atoms with E-state index in [9.17, 15) is 4.79 Å². The summed E-state index contributed by atoms with van der Waals surface area (Å²) in [7, 11) is 0. The van der Waals surface area contributed by atoms with Gasteiger partial charge < -0.3 is 15.5 Å². The molecule has 0 bridgehead atoms. The van der Waals surface area contributed by atoms with E-state index in [1.54, 1.807) is 30.2 Å². The van der Waals surface area contributed by atoms with Crippen LogP contribution in [-0.2, 0) is 11.3 Å². The quantitative estimate of drug-likeness (QED) is 0.601. The van der Waals surface area contributed by atoms with Crippen molar-refractivity contribution < 1.29 is 9.21 Å². The Hall–Kier alpha value is -2.21. The molecule has 134 valence electrons. The molecule has 1 atom stereocenters. The lowest BCUT2D eigenvalue weighted by Crippen LogP contribution is -2.33. The predicted molar refractivity (Wildman–Crippen MR) is 104 cm³/mol. The lowest BCUT2D eigenvalue weighted by atomic mass is 9.87. The molecule has 0 fully saturated rings. The number of amidine groups is 1. The Bertz CT molecular complexity index is 717. The largest absolute Gasteiger partial charge is 0.467 e. The molecule has 0 saturated carbocycles. The molecule has 1 amide bonds. The standard InChI is InChI=1S/C19H25N3O2S/c1-4-7-15(19(3)9-11-25-18(20)22-19)12-14(5-2)17(23)21-13-16-8-6-10-24-16/h4-8,10,12H,9,11,13H2,1-3H3,(H2,20,22)(H,21,23)/b7-4-,14-5+,15-12+. The lowest BCUT2D eigenvalue weighted by molar-refractivity contribution is -0.117. The second kappa shape index (κ2) is 8.76. The maximum Gasteiger partial charge on any atom is 0.251 e. The number of allylic oxidation sites excluding steroid dienone is 2. The van der Waals surface area contributed by atoms with Crippen molar-refractivity contribution in [2.45, 2.75) is 39.3 Å². The van der Waals surface area contributed by atoms with Crippen LogP contribution in [0.1, 0.15) is 33.0 Å². The number of nitrogens with two attached hydrogens (primary N) is 1. The number of amides is 1. The average molecular weight is 359 g/mol. The van der Waals surface area contributed by atoms with E-state index in [4.69, 9.17) is 10.2 Å². The summed E-state index contributed by atoms with van der Waals surface area (Å²) in [5, 5.41) is 3.46. The van der Waals surface area contributed by atoms with Gasteiger partial charge in [-0.05, 0) is 51.0 Å². The van der Waals surface area contributed by atoms with Crippen LogP contribution in [0.2, 0.25) is 0 Å². The molecule has 0 radical (unpaired) electrons. The average Bonchev–Trinajstić information content (AvgIpc) is 3.09. The molecule has 1 aliphatic heterocycles. The topological polar surface area (TPSA) is 80.6 Å². The zero-order valence-corrected chi connectivity index (χ0v) is 15.7. The van der Waals surface area contributed by atoms with Gasteiger partial charge in [-0.25, -0.2) is 0 Å². The van der Waals surface area contributed by atoms with E-state index < -0.39 is 5.54 Å². The minimum Gasteiger partial charge on any atom is -0.467 e. The van der Waals surface area contributed by atoms with Gasteiger partial charge in [-0.2, -0.15) is 0 Å². The zero-order chi connectivity index (χ0) is 18.3. The first-order valence-electron chi connectivity index (χ1n) is 8.28. The second-order valence-corrected chi connectivity index (χ2v) is 7.04. The van der Waals surface area contributed by atoms with Gasteiger partial charge in [0.05, 0.1) is 18.3 Å². The van der Waals surface area contributed by atoms with Crippen molar-refractivity contribution in [1.82, 2.24) is 5.32 Å². The van der Waals surface area contributed by atoms with Crippen LogP contribution in [0.4, 0.5) is 0 Å². The van der Waals surface area contributed by atoms with Crippen molar-refractivity contribution in [3.8, 4) is 0 Å². The van der Waals surface area contributed by atoms with E-state index in [1.165, 1.54) is 0 Å². The van der Waals surface area contributed by atoms with Gasteiger partial charge in [0.2, 0.25) is 0 Å². The first-order valence-corrected chi connectivity index (χ1v) is 9.27. The van der Waals surface area contributed by atoms with Crippen LogP contribution in [0.3, 0.4) is 0 Å². The van der Waals surface area contributed by atoms with Crippen LogP contribution in [-0.4, -0.2) is 22.4 Å². The van der Waals surface area contributed by atoms with E-state index in [0.29, 0.717) is 17.3 Å². The van der Waals surface area contributed by atoms with Gasteiger partial charge in [0, 0.05) is 11.3 Å². The van der Waals surface area contributed by atoms with Gasteiger partial charge in [-0.1, -0.05) is 30.0 Å². The van der Waals surface area contributed by atoms with Crippen molar-refractivity contribution in [2.24, 2.45) is 10.7 Å². The Morgan fingerprint density at radius 2 is 2.32 bits per heavy atom. The molecule has 1 aromatic heterocycles. The normalized spacial score (nSPS) is 22.1. The van der Waals surface area contributed by atoms with E-state index in [0.717, 1.165) is 23.5 Å². The van der Waals surface area contributed by atoms with Gasteiger partial charge in [0.1, 0.15) is 5.76 Å². The Labute approximate surface area is 153 Å². The summed E-state index contributed by atoms with van der Waals surface area (Å²) in [6.45, 7) is 6.21. The van der Waals surface area contributed by atoms with Gasteiger partial charge in [-0.15, -0.1) is 0 Å². The lowest BCUT2D eigenvalue weighted by Gasteiger charge is -2.31. The monoisotopic (exact) mass is 359 g/mol. The third-order valence-electron chi connectivity index (χ3n) is 4.05. The highest BCUT2D eigenvalue weighted by Crippen LogP contribution is 2.33. The smallest absolute Gasteiger partial charge is 0.251 e. The summed E-state index contributed by atoms with van der Waals surface area (Å²) in [4.78, 5) is 17.1. The molecule has 6 heteroatoms. The van der Waals surface area contributed by atoms with Crippen LogP contribution in [0.15, 0.2) is 63.3 Å². The Balaban J connectivity index is 2.21. The van der Waals surface area contributed by atoms with Crippen molar-refractivity contribution in [2.75, 3.05) is 5.75 Å². The zero-order valence-electron chi connectivity index (χ0n) is 14.9. The third-order valence-corrected chi connectivity index (χ3v) is 4.85.